The van der Waals surface area contributed by atoms with Crippen LogP contribution in [0.4, 0.5) is 0 Å². The van der Waals surface area contributed by atoms with E-state index in [2.05, 4.69) is 16.0 Å². The number of hydrazine groups is 1. The van der Waals surface area contributed by atoms with Crippen molar-refractivity contribution in [3.63, 3.8) is 0 Å². The smallest absolute Gasteiger partial charge is 0.290 e. The van der Waals surface area contributed by atoms with Crippen LogP contribution in [0.3, 0.4) is 0 Å². The van der Waals surface area contributed by atoms with Gasteiger partial charge < -0.3 is 4.42 Å². The number of benzene rings is 1. The highest BCUT2D eigenvalue weighted by atomic mass is 16.3. The lowest BCUT2D eigenvalue weighted by Gasteiger charge is -2.13. The number of aromatic nitrogens is 2. The Morgan fingerprint density at radius 3 is 2.41 bits per heavy atom. The van der Waals surface area contributed by atoms with Crippen molar-refractivity contribution >= 4 is 22.6 Å². The molecule has 8 nitrogen and oxygen atoms in total. The van der Waals surface area contributed by atoms with Gasteiger partial charge in [-0.25, -0.2) is 4.68 Å². The van der Waals surface area contributed by atoms with Crippen molar-refractivity contribution < 1.29 is 14.0 Å². The van der Waals surface area contributed by atoms with E-state index in [1.807, 2.05) is 13.8 Å². The topological polar surface area (TPSA) is 106 Å². The molecule has 1 aromatic carbocycles. The molecule has 0 radical (unpaired) electrons. The highest BCUT2D eigenvalue weighted by molar-refractivity contribution is 6.06. The summed E-state index contributed by atoms with van der Waals surface area (Å²) in [5.74, 6) is -0.500. The van der Waals surface area contributed by atoms with Crippen molar-refractivity contribution in [1.82, 2.24) is 20.6 Å². The summed E-state index contributed by atoms with van der Waals surface area (Å²) in [6.07, 6.45) is 1.39. The quantitative estimate of drug-likeness (QED) is 0.686. The number of aryl methyl sites for hydroxylation is 1. The maximum atomic E-state index is 12.6. The zero-order valence-corrected chi connectivity index (χ0v) is 15.3. The third-order valence-corrected chi connectivity index (χ3v) is 4.01. The third kappa shape index (κ3) is 3.74. The minimum absolute atomic E-state index is 0.0649. The van der Waals surface area contributed by atoms with Crippen LogP contribution in [0.1, 0.15) is 40.5 Å². The highest BCUT2D eigenvalue weighted by Crippen LogP contribution is 2.14. The van der Waals surface area contributed by atoms with E-state index in [-0.39, 0.29) is 17.2 Å². The van der Waals surface area contributed by atoms with E-state index in [4.69, 9.17) is 4.42 Å². The lowest BCUT2D eigenvalue weighted by Crippen LogP contribution is -2.43. The van der Waals surface area contributed by atoms with Crippen molar-refractivity contribution in [2.24, 2.45) is 5.92 Å². The minimum Gasteiger partial charge on any atom is -0.469 e. The van der Waals surface area contributed by atoms with Crippen molar-refractivity contribution in [2.45, 2.75) is 27.3 Å². The van der Waals surface area contributed by atoms with Gasteiger partial charge in [-0.15, -0.1) is 0 Å². The van der Waals surface area contributed by atoms with Crippen LogP contribution < -0.4 is 16.4 Å². The number of rotatable bonds is 4. The Morgan fingerprint density at radius 2 is 1.78 bits per heavy atom. The molecular formula is C19H20N4O4. The van der Waals surface area contributed by atoms with Crippen molar-refractivity contribution in [2.75, 3.05) is 0 Å². The molecule has 2 amide bonds. The molecule has 0 unspecified atom stereocenters. The Labute approximate surface area is 155 Å². The molecule has 0 atom stereocenters. The number of nitrogens with zero attached hydrogens (tertiary/aromatic N) is 2. The molecule has 0 aliphatic rings. The molecule has 3 aromatic rings. The van der Waals surface area contributed by atoms with Crippen molar-refractivity contribution in [1.29, 1.82) is 0 Å². The fourth-order valence-corrected chi connectivity index (χ4v) is 2.73. The molecule has 3 rings (SSSR count). The second-order valence-electron chi connectivity index (χ2n) is 6.57. The fraction of sp³-hybridized carbons (Fsp3) is 0.263. The summed E-state index contributed by atoms with van der Waals surface area (Å²) in [7, 11) is 0. The molecule has 0 bridgehead atoms. The predicted octanol–water partition coefficient (Wildman–Crippen LogP) is 2.03. The standard InChI is InChI=1S/C19H20N4O4/c1-11(2)10-23-19(26)15-7-5-4-6-14(15)16(22-23)18(25)21-20-17(24)13-8-9-27-12(13)3/h4-9,11H,10H2,1-3H3,(H,20,24)(H,21,25). The summed E-state index contributed by atoms with van der Waals surface area (Å²) >= 11 is 0. The minimum atomic E-state index is -0.613. The average Bonchev–Trinajstić information content (AvgIpc) is 3.07. The second-order valence-corrected chi connectivity index (χ2v) is 6.57. The van der Waals surface area contributed by atoms with Gasteiger partial charge in [0.05, 0.1) is 17.2 Å². The molecule has 0 saturated carbocycles. The predicted molar refractivity (Wildman–Crippen MR) is 99.2 cm³/mol. The molecule has 0 aliphatic heterocycles. The summed E-state index contributed by atoms with van der Waals surface area (Å²) in [4.78, 5) is 37.4. The number of furan rings is 1. The van der Waals surface area contributed by atoms with Gasteiger partial charge in [-0.05, 0) is 25.0 Å². The normalized spacial score (nSPS) is 11.0. The van der Waals surface area contributed by atoms with Gasteiger partial charge in [0.15, 0.2) is 5.69 Å². The Kier molecular flexibility index (Phi) is 5.07. The molecular weight excluding hydrogens is 348 g/mol. The van der Waals surface area contributed by atoms with E-state index in [0.29, 0.717) is 28.6 Å². The first-order valence-corrected chi connectivity index (χ1v) is 8.53. The van der Waals surface area contributed by atoms with Crippen LogP contribution in [-0.2, 0) is 6.54 Å². The van der Waals surface area contributed by atoms with Gasteiger partial charge in [-0.1, -0.05) is 32.0 Å². The van der Waals surface area contributed by atoms with Crippen LogP contribution in [0.15, 0.2) is 45.8 Å². The number of carbonyl (C=O) groups is 2. The first-order chi connectivity index (χ1) is 12.9. The SMILES string of the molecule is Cc1occc1C(=O)NNC(=O)c1nn(CC(C)C)c(=O)c2ccccc12. The molecule has 0 spiro atoms. The average molecular weight is 368 g/mol. The van der Waals surface area contributed by atoms with E-state index in [1.165, 1.54) is 17.0 Å². The second kappa shape index (κ2) is 7.45. The monoisotopic (exact) mass is 368 g/mol. The van der Waals surface area contributed by atoms with E-state index in [9.17, 15) is 14.4 Å². The van der Waals surface area contributed by atoms with Crippen molar-refractivity contribution in [3.05, 3.63) is 64.0 Å². The van der Waals surface area contributed by atoms with Gasteiger partial charge in [-0.3, -0.25) is 25.2 Å². The molecule has 2 aromatic heterocycles. The van der Waals surface area contributed by atoms with Crippen LogP contribution in [0.2, 0.25) is 0 Å². The van der Waals surface area contributed by atoms with Gasteiger partial charge in [0.1, 0.15) is 5.76 Å². The summed E-state index contributed by atoms with van der Waals surface area (Å²) in [6.45, 7) is 5.94. The van der Waals surface area contributed by atoms with E-state index >= 15 is 0 Å². The van der Waals surface area contributed by atoms with Gasteiger partial charge in [0.2, 0.25) is 0 Å². The Balaban J connectivity index is 1.91. The molecule has 0 saturated heterocycles. The third-order valence-electron chi connectivity index (χ3n) is 4.01. The molecule has 27 heavy (non-hydrogen) atoms. The Hall–Kier alpha value is -3.42. The van der Waals surface area contributed by atoms with E-state index in [1.54, 1.807) is 31.2 Å². The number of hydrogen-bond acceptors (Lipinski definition) is 5. The van der Waals surface area contributed by atoms with Crippen molar-refractivity contribution in [3.8, 4) is 0 Å². The number of fused-ring (bicyclic) bond motifs is 1. The lowest BCUT2D eigenvalue weighted by molar-refractivity contribution is 0.0842. The molecule has 8 heteroatoms. The highest BCUT2D eigenvalue weighted by Gasteiger charge is 2.18. The number of nitrogens with one attached hydrogen (secondary N) is 2. The van der Waals surface area contributed by atoms with Crippen LogP contribution in [0.5, 0.6) is 0 Å². The lowest BCUT2D eigenvalue weighted by atomic mass is 10.1. The Morgan fingerprint density at radius 1 is 1.11 bits per heavy atom. The zero-order chi connectivity index (χ0) is 19.6. The Bertz CT molecular complexity index is 1070. The summed E-state index contributed by atoms with van der Waals surface area (Å²) in [5.41, 5.74) is 4.81. The first kappa shape index (κ1) is 18.4. The molecule has 0 fully saturated rings. The summed E-state index contributed by atoms with van der Waals surface area (Å²) in [6, 6.07) is 8.27. The van der Waals surface area contributed by atoms with E-state index in [0.717, 1.165) is 0 Å². The van der Waals surface area contributed by atoms with Gasteiger partial charge >= 0.3 is 0 Å². The van der Waals surface area contributed by atoms with Gasteiger partial charge in [-0.2, -0.15) is 5.10 Å². The summed E-state index contributed by atoms with van der Waals surface area (Å²) in [5, 5.41) is 5.04. The summed E-state index contributed by atoms with van der Waals surface area (Å²) < 4.78 is 6.36. The first-order valence-electron chi connectivity index (χ1n) is 8.53. The maximum absolute atomic E-state index is 12.6. The number of amides is 2. The zero-order valence-electron chi connectivity index (χ0n) is 15.3. The van der Waals surface area contributed by atoms with Gasteiger partial charge in [0, 0.05) is 11.9 Å². The maximum Gasteiger partial charge on any atom is 0.290 e. The number of hydrogen-bond donors (Lipinski definition) is 2. The fourth-order valence-electron chi connectivity index (χ4n) is 2.73. The molecule has 0 aliphatic carbocycles. The van der Waals surface area contributed by atoms with Crippen LogP contribution in [0, 0.1) is 12.8 Å². The number of carbonyl (C=O) groups excluding carboxylic acids is 2. The van der Waals surface area contributed by atoms with Crippen LogP contribution >= 0.6 is 0 Å². The van der Waals surface area contributed by atoms with E-state index < -0.39 is 11.8 Å². The molecule has 140 valence electrons. The van der Waals surface area contributed by atoms with Crippen LogP contribution in [0.25, 0.3) is 10.8 Å². The van der Waals surface area contributed by atoms with Gasteiger partial charge in [0.25, 0.3) is 17.4 Å². The molecule has 2 N–H and O–H groups in total. The van der Waals surface area contributed by atoms with Crippen LogP contribution in [-0.4, -0.2) is 21.6 Å². The largest absolute Gasteiger partial charge is 0.469 e. The molecule has 2 heterocycles.